The summed E-state index contributed by atoms with van der Waals surface area (Å²) in [5.74, 6) is 2.54. The summed E-state index contributed by atoms with van der Waals surface area (Å²) in [5, 5.41) is 0. The summed E-state index contributed by atoms with van der Waals surface area (Å²) in [6.45, 7) is 3.95. The molecule has 0 saturated heterocycles. The number of halogens is 1. The molecule has 2 heterocycles. The van der Waals surface area contributed by atoms with E-state index in [1.807, 2.05) is 49.4 Å². The van der Waals surface area contributed by atoms with E-state index in [2.05, 4.69) is 33.0 Å². The van der Waals surface area contributed by atoms with Crippen LogP contribution in [-0.2, 0) is 13.0 Å². The Bertz CT molecular complexity index is 1250. The minimum absolute atomic E-state index is 0.0827. The molecule has 0 aliphatic carbocycles. The van der Waals surface area contributed by atoms with Crippen molar-refractivity contribution in [2.75, 3.05) is 20.4 Å². The van der Waals surface area contributed by atoms with E-state index in [9.17, 15) is 4.79 Å². The number of hydrogen-bond donors (Lipinski definition) is 0. The van der Waals surface area contributed by atoms with Gasteiger partial charge in [-0.25, -0.2) is 0 Å². The van der Waals surface area contributed by atoms with Crippen molar-refractivity contribution in [1.29, 1.82) is 0 Å². The first-order chi connectivity index (χ1) is 16.0. The maximum atomic E-state index is 13.2. The largest absolute Gasteiger partial charge is 0.497 e. The third kappa shape index (κ3) is 4.41. The number of ether oxygens (including phenoxy) is 3. The third-order valence-electron chi connectivity index (χ3n) is 6.01. The van der Waals surface area contributed by atoms with Crippen LogP contribution in [0.1, 0.15) is 32.6 Å². The lowest BCUT2D eigenvalue weighted by Crippen LogP contribution is -2.33. The molecule has 0 radical (unpaired) electrons. The van der Waals surface area contributed by atoms with Crippen molar-refractivity contribution >= 4 is 27.8 Å². The molecular formula is C27H24BrNO4. The van der Waals surface area contributed by atoms with E-state index < -0.39 is 0 Å². The standard InChI is InChI=1S/C27H24BrNO4/c1-17-12-23-22(15-29(16-32-23)11-10-18-6-8-21(31-2)9-7-18)27-25(17)26(30)24(33-27)14-19-4-3-5-20(28)13-19/h3-9,12-14H,10-11,15-16H2,1-2H3/b24-14+. The summed E-state index contributed by atoms with van der Waals surface area (Å²) in [4.78, 5) is 15.4. The fourth-order valence-electron chi connectivity index (χ4n) is 4.25. The van der Waals surface area contributed by atoms with Gasteiger partial charge in [0.05, 0.1) is 18.2 Å². The molecule has 3 aromatic rings. The molecular weight excluding hydrogens is 482 g/mol. The van der Waals surface area contributed by atoms with Gasteiger partial charge in [0.15, 0.2) is 5.76 Å². The summed E-state index contributed by atoms with van der Waals surface area (Å²) in [6.07, 6.45) is 2.69. The number of carbonyl (C=O) groups is 1. The summed E-state index contributed by atoms with van der Waals surface area (Å²) < 4.78 is 18.4. The lowest BCUT2D eigenvalue weighted by molar-refractivity contribution is 0.0949. The van der Waals surface area contributed by atoms with Gasteiger partial charge in [0.1, 0.15) is 24.0 Å². The van der Waals surface area contributed by atoms with Crippen LogP contribution in [0.2, 0.25) is 0 Å². The molecule has 2 aliphatic rings. The molecule has 0 aromatic heterocycles. The Kier molecular flexibility index (Phi) is 5.96. The number of carbonyl (C=O) groups excluding carboxylic acids is 1. The van der Waals surface area contributed by atoms with Crippen molar-refractivity contribution in [1.82, 2.24) is 4.90 Å². The Balaban J connectivity index is 1.37. The lowest BCUT2D eigenvalue weighted by Gasteiger charge is -2.30. The lowest BCUT2D eigenvalue weighted by atomic mass is 9.98. The highest BCUT2D eigenvalue weighted by atomic mass is 79.9. The summed E-state index contributed by atoms with van der Waals surface area (Å²) in [6, 6.07) is 17.9. The van der Waals surface area contributed by atoms with E-state index >= 15 is 0 Å². The van der Waals surface area contributed by atoms with Gasteiger partial charge in [-0.3, -0.25) is 9.69 Å². The van der Waals surface area contributed by atoms with Gasteiger partial charge in [0, 0.05) is 17.6 Å². The van der Waals surface area contributed by atoms with Crippen molar-refractivity contribution in [2.24, 2.45) is 0 Å². The number of hydrogen-bond acceptors (Lipinski definition) is 5. The Morgan fingerprint density at radius 1 is 1.15 bits per heavy atom. The molecule has 0 fully saturated rings. The molecule has 168 valence electrons. The van der Waals surface area contributed by atoms with E-state index in [1.165, 1.54) is 5.56 Å². The highest BCUT2D eigenvalue weighted by molar-refractivity contribution is 9.10. The number of aryl methyl sites for hydroxylation is 1. The van der Waals surface area contributed by atoms with Gasteiger partial charge >= 0.3 is 0 Å². The minimum Gasteiger partial charge on any atom is -0.497 e. The number of nitrogens with zero attached hydrogens (tertiary/aromatic N) is 1. The molecule has 5 nitrogen and oxygen atoms in total. The number of methoxy groups -OCH3 is 1. The van der Waals surface area contributed by atoms with Crippen molar-refractivity contribution in [3.63, 3.8) is 0 Å². The van der Waals surface area contributed by atoms with Crippen molar-refractivity contribution in [3.05, 3.63) is 92.6 Å². The fourth-order valence-corrected chi connectivity index (χ4v) is 4.66. The zero-order valence-corrected chi connectivity index (χ0v) is 20.1. The highest BCUT2D eigenvalue weighted by Gasteiger charge is 2.35. The molecule has 0 amide bonds. The van der Waals surface area contributed by atoms with Crippen LogP contribution >= 0.6 is 15.9 Å². The first kappa shape index (κ1) is 21.7. The molecule has 0 spiro atoms. The molecule has 0 N–H and O–H groups in total. The van der Waals surface area contributed by atoms with Gasteiger partial charge < -0.3 is 14.2 Å². The Labute approximate surface area is 201 Å². The summed E-state index contributed by atoms with van der Waals surface area (Å²) >= 11 is 3.48. The number of rotatable bonds is 5. The number of allylic oxidation sites excluding steroid dienone is 1. The van der Waals surface area contributed by atoms with Crippen LogP contribution in [0.5, 0.6) is 17.2 Å². The molecule has 0 atom stereocenters. The number of Topliss-reactive ketones (excluding diaryl/α,β-unsaturated/α-hetero) is 1. The maximum absolute atomic E-state index is 13.2. The van der Waals surface area contributed by atoms with Crippen LogP contribution in [-0.4, -0.2) is 31.1 Å². The predicted octanol–water partition coefficient (Wildman–Crippen LogP) is 5.78. The zero-order valence-electron chi connectivity index (χ0n) is 18.6. The zero-order chi connectivity index (χ0) is 22.9. The Hall–Kier alpha value is -3.09. The highest BCUT2D eigenvalue weighted by Crippen LogP contribution is 2.44. The fraction of sp³-hybridized carbons (Fsp3) is 0.222. The van der Waals surface area contributed by atoms with Gasteiger partial charge in [-0.2, -0.15) is 0 Å². The SMILES string of the molecule is COc1ccc(CCN2COc3cc(C)c4c(c3C2)O/C(=C/c2cccc(Br)c2)C4=O)cc1. The first-order valence-corrected chi connectivity index (χ1v) is 11.7. The number of fused-ring (bicyclic) bond motifs is 3. The van der Waals surface area contributed by atoms with Crippen LogP contribution in [0.15, 0.2) is 64.8 Å². The number of benzene rings is 3. The van der Waals surface area contributed by atoms with E-state index in [4.69, 9.17) is 14.2 Å². The summed E-state index contributed by atoms with van der Waals surface area (Å²) in [5.41, 5.74) is 4.59. The maximum Gasteiger partial charge on any atom is 0.232 e. The van der Waals surface area contributed by atoms with Gasteiger partial charge in [-0.1, -0.05) is 40.2 Å². The second-order valence-electron chi connectivity index (χ2n) is 8.29. The second-order valence-corrected chi connectivity index (χ2v) is 9.21. The van der Waals surface area contributed by atoms with Gasteiger partial charge in [0.25, 0.3) is 0 Å². The third-order valence-corrected chi connectivity index (χ3v) is 6.50. The smallest absolute Gasteiger partial charge is 0.232 e. The van der Waals surface area contributed by atoms with Crippen LogP contribution in [0.25, 0.3) is 6.08 Å². The van der Waals surface area contributed by atoms with Crippen molar-refractivity contribution in [3.8, 4) is 17.2 Å². The van der Waals surface area contributed by atoms with Crippen molar-refractivity contribution < 1.29 is 19.0 Å². The average Bonchev–Trinajstić information content (AvgIpc) is 3.15. The molecule has 0 saturated carbocycles. The van der Waals surface area contributed by atoms with Gasteiger partial charge in [0.2, 0.25) is 5.78 Å². The molecule has 5 rings (SSSR count). The predicted molar refractivity (Wildman–Crippen MR) is 131 cm³/mol. The van der Waals surface area contributed by atoms with Crippen LogP contribution in [0, 0.1) is 6.92 Å². The minimum atomic E-state index is -0.0827. The Morgan fingerprint density at radius 3 is 2.73 bits per heavy atom. The quantitative estimate of drug-likeness (QED) is 0.411. The number of ketones is 1. The normalized spacial score (nSPS) is 16.2. The van der Waals surface area contributed by atoms with Crippen molar-refractivity contribution in [2.45, 2.75) is 19.9 Å². The van der Waals surface area contributed by atoms with Gasteiger partial charge in [-0.15, -0.1) is 0 Å². The van der Waals surface area contributed by atoms with Crippen LogP contribution in [0.3, 0.4) is 0 Å². The summed E-state index contributed by atoms with van der Waals surface area (Å²) in [7, 11) is 1.67. The van der Waals surface area contributed by atoms with E-state index in [-0.39, 0.29) is 5.78 Å². The van der Waals surface area contributed by atoms with E-state index in [1.54, 1.807) is 13.2 Å². The molecule has 2 aliphatic heterocycles. The van der Waals surface area contributed by atoms with Gasteiger partial charge in [-0.05, 0) is 66.4 Å². The topological polar surface area (TPSA) is 48.0 Å². The Morgan fingerprint density at radius 2 is 1.97 bits per heavy atom. The van der Waals surface area contributed by atoms with Crippen LogP contribution in [0.4, 0.5) is 0 Å². The molecule has 0 unspecified atom stereocenters. The average molecular weight is 506 g/mol. The van der Waals surface area contributed by atoms with E-state index in [0.717, 1.165) is 45.6 Å². The second kappa shape index (κ2) is 9.04. The molecule has 3 aromatic carbocycles. The molecule has 33 heavy (non-hydrogen) atoms. The molecule has 0 bridgehead atoms. The van der Waals surface area contributed by atoms with E-state index in [0.29, 0.717) is 30.3 Å². The molecule has 6 heteroatoms. The first-order valence-electron chi connectivity index (χ1n) is 10.9. The van der Waals surface area contributed by atoms with Crippen LogP contribution < -0.4 is 14.2 Å². The monoisotopic (exact) mass is 505 g/mol.